The summed E-state index contributed by atoms with van der Waals surface area (Å²) < 4.78 is 6.37. The molecule has 1 heterocycles. The maximum Gasteiger partial charge on any atom is 0.136 e. The van der Waals surface area contributed by atoms with Crippen LogP contribution in [0.4, 0.5) is 11.4 Å². The monoisotopic (exact) mass is 655 g/mol. The van der Waals surface area contributed by atoms with Crippen LogP contribution in [-0.4, -0.2) is 0 Å². The molecule has 51 heavy (non-hydrogen) atoms. The van der Waals surface area contributed by atoms with E-state index in [2.05, 4.69) is 189 Å². The summed E-state index contributed by atoms with van der Waals surface area (Å²) in [6.45, 7) is 8.72. The van der Waals surface area contributed by atoms with Gasteiger partial charge in [0.15, 0.2) is 0 Å². The van der Waals surface area contributed by atoms with E-state index in [0.29, 0.717) is 0 Å². The summed E-state index contributed by atoms with van der Waals surface area (Å²) >= 11 is 0. The Morgan fingerprint density at radius 1 is 0.608 bits per heavy atom. The second-order valence-electron chi connectivity index (χ2n) is 13.8. The predicted molar refractivity (Wildman–Crippen MR) is 217 cm³/mol. The summed E-state index contributed by atoms with van der Waals surface area (Å²) in [5, 5.41) is 4.60. The van der Waals surface area contributed by atoms with Gasteiger partial charge in [0.2, 0.25) is 0 Å². The Morgan fingerprint density at radius 3 is 2.12 bits per heavy atom. The summed E-state index contributed by atoms with van der Waals surface area (Å²) in [7, 11) is 0. The number of anilines is 2. The fourth-order valence-electron chi connectivity index (χ4n) is 7.88. The Kier molecular flexibility index (Phi) is 7.33. The second kappa shape index (κ2) is 12.2. The zero-order valence-electron chi connectivity index (χ0n) is 28.8. The summed E-state index contributed by atoms with van der Waals surface area (Å²) in [5.74, 6) is 0. The van der Waals surface area contributed by atoms with Gasteiger partial charge in [-0.15, -0.1) is 0 Å². The van der Waals surface area contributed by atoms with Gasteiger partial charge in [-0.3, -0.25) is 0 Å². The molecule has 1 aliphatic rings. The minimum Gasteiger partial charge on any atom is -0.456 e. The molecule has 9 rings (SSSR count). The molecule has 1 aliphatic carbocycles. The molecule has 0 amide bonds. The third-order valence-electron chi connectivity index (χ3n) is 10.4. The van der Waals surface area contributed by atoms with Gasteiger partial charge in [-0.2, -0.15) is 0 Å². The number of para-hydroxylation sites is 1. The van der Waals surface area contributed by atoms with Crippen molar-refractivity contribution in [3.63, 3.8) is 0 Å². The Hall–Kier alpha value is -6.38. The number of furan rings is 1. The van der Waals surface area contributed by atoms with Crippen LogP contribution < -0.4 is 4.90 Å². The Labute approximate surface area is 298 Å². The van der Waals surface area contributed by atoms with E-state index in [-0.39, 0.29) is 5.41 Å². The fraction of sp³-hybridized carbons (Fsp3) is 0.0612. The lowest BCUT2D eigenvalue weighted by molar-refractivity contribution is 0.660. The van der Waals surface area contributed by atoms with Crippen LogP contribution >= 0.6 is 0 Å². The molecule has 0 atom stereocenters. The molecule has 0 saturated heterocycles. The van der Waals surface area contributed by atoms with E-state index in [4.69, 9.17) is 4.42 Å². The molecule has 244 valence electrons. The van der Waals surface area contributed by atoms with Crippen LogP contribution in [0.3, 0.4) is 0 Å². The quantitative estimate of drug-likeness (QED) is 0.159. The second-order valence-corrected chi connectivity index (χ2v) is 13.8. The number of rotatable bonds is 7. The number of benzene rings is 7. The minimum absolute atomic E-state index is 0.134. The molecule has 8 aromatic rings. The summed E-state index contributed by atoms with van der Waals surface area (Å²) in [6.07, 6.45) is 8.30. The molecule has 0 fully saturated rings. The van der Waals surface area contributed by atoms with Gasteiger partial charge in [0.25, 0.3) is 0 Å². The Balaban J connectivity index is 1.27. The highest BCUT2D eigenvalue weighted by molar-refractivity contribution is 6.10. The van der Waals surface area contributed by atoms with Crippen molar-refractivity contribution in [1.82, 2.24) is 0 Å². The summed E-state index contributed by atoms with van der Waals surface area (Å²) in [6, 6.07) is 54.5. The molecule has 0 spiro atoms. The molecule has 0 bridgehead atoms. The van der Waals surface area contributed by atoms with Crippen molar-refractivity contribution >= 4 is 50.2 Å². The van der Waals surface area contributed by atoms with Gasteiger partial charge in [0.1, 0.15) is 11.2 Å². The minimum atomic E-state index is -0.134. The normalized spacial score (nSPS) is 13.6. The molecular formula is C49H37NO. The standard InChI is InChI=1S/C49H37NO/c1-4-5-19-37(28-33-24-27-47-42(29-33)43-30-35-17-9-10-18-36(35)31-48(43)51-47)50(46-23-14-12-20-39(46)34-15-7-6-8-16-34)38-25-26-41-40-21-11-13-22-44(40)49(2,3)45(41)32-38/h4-32H,1H2,2-3H3/b19-5-,37-28-. The first-order chi connectivity index (χ1) is 25.0. The van der Waals surface area contributed by atoms with Gasteiger partial charge in [-0.05, 0) is 98.8 Å². The van der Waals surface area contributed by atoms with Gasteiger partial charge in [0, 0.05) is 33.1 Å². The molecule has 0 saturated carbocycles. The Bertz CT molecular complexity index is 2690. The zero-order chi connectivity index (χ0) is 34.5. The smallest absolute Gasteiger partial charge is 0.136 e. The zero-order valence-corrected chi connectivity index (χ0v) is 28.8. The van der Waals surface area contributed by atoms with E-state index in [0.717, 1.165) is 55.7 Å². The van der Waals surface area contributed by atoms with Crippen LogP contribution in [0.25, 0.3) is 61.0 Å². The average Bonchev–Trinajstić information content (AvgIpc) is 3.63. The van der Waals surface area contributed by atoms with Gasteiger partial charge in [-0.1, -0.05) is 142 Å². The van der Waals surface area contributed by atoms with Crippen LogP contribution in [0.2, 0.25) is 0 Å². The van der Waals surface area contributed by atoms with E-state index in [1.807, 2.05) is 12.2 Å². The summed E-state index contributed by atoms with van der Waals surface area (Å²) in [5.41, 5.74) is 13.6. The number of hydrogen-bond donors (Lipinski definition) is 0. The lowest BCUT2D eigenvalue weighted by Crippen LogP contribution is -2.19. The van der Waals surface area contributed by atoms with Crippen molar-refractivity contribution in [3.05, 3.63) is 199 Å². The lowest BCUT2D eigenvalue weighted by atomic mass is 9.82. The van der Waals surface area contributed by atoms with Crippen molar-refractivity contribution in [3.8, 4) is 22.3 Å². The first-order valence-corrected chi connectivity index (χ1v) is 17.5. The van der Waals surface area contributed by atoms with E-state index in [1.165, 1.54) is 33.0 Å². The van der Waals surface area contributed by atoms with Gasteiger partial charge in [-0.25, -0.2) is 0 Å². The highest BCUT2D eigenvalue weighted by Crippen LogP contribution is 2.51. The first-order valence-electron chi connectivity index (χ1n) is 17.5. The first kappa shape index (κ1) is 30.7. The fourth-order valence-corrected chi connectivity index (χ4v) is 7.88. The highest BCUT2D eigenvalue weighted by Gasteiger charge is 2.36. The summed E-state index contributed by atoms with van der Waals surface area (Å²) in [4.78, 5) is 2.40. The predicted octanol–water partition coefficient (Wildman–Crippen LogP) is 13.6. The third kappa shape index (κ3) is 5.19. The number of allylic oxidation sites excluding steroid dienone is 3. The van der Waals surface area contributed by atoms with E-state index in [9.17, 15) is 0 Å². The van der Waals surface area contributed by atoms with E-state index < -0.39 is 0 Å². The molecular weight excluding hydrogens is 619 g/mol. The van der Waals surface area contributed by atoms with E-state index in [1.54, 1.807) is 0 Å². The molecule has 1 aromatic heterocycles. The third-order valence-corrected chi connectivity index (χ3v) is 10.4. The van der Waals surface area contributed by atoms with Crippen molar-refractivity contribution in [2.45, 2.75) is 19.3 Å². The molecule has 0 radical (unpaired) electrons. The van der Waals surface area contributed by atoms with Gasteiger partial charge in [0.05, 0.1) is 5.69 Å². The van der Waals surface area contributed by atoms with E-state index >= 15 is 0 Å². The van der Waals surface area contributed by atoms with Crippen molar-refractivity contribution in [1.29, 1.82) is 0 Å². The highest BCUT2D eigenvalue weighted by atomic mass is 16.3. The van der Waals surface area contributed by atoms with Crippen LogP contribution in [0, 0.1) is 0 Å². The van der Waals surface area contributed by atoms with Gasteiger partial charge < -0.3 is 9.32 Å². The van der Waals surface area contributed by atoms with Crippen molar-refractivity contribution in [2.24, 2.45) is 0 Å². The number of hydrogen-bond acceptors (Lipinski definition) is 2. The lowest BCUT2D eigenvalue weighted by Gasteiger charge is -2.30. The Morgan fingerprint density at radius 2 is 1.29 bits per heavy atom. The van der Waals surface area contributed by atoms with Crippen molar-refractivity contribution < 1.29 is 4.42 Å². The maximum absolute atomic E-state index is 6.37. The topological polar surface area (TPSA) is 16.4 Å². The van der Waals surface area contributed by atoms with Crippen LogP contribution in [0.15, 0.2) is 187 Å². The SMILES string of the molecule is C=C/C=C\C(=C\c1ccc2oc3cc4ccccc4cc3c2c1)N(c1ccc2c(c1)C(C)(C)c1ccccc1-2)c1ccccc1-c1ccccc1. The number of nitrogens with zero attached hydrogens (tertiary/aromatic N) is 1. The molecule has 2 heteroatoms. The van der Waals surface area contributed by atoms with Crippen LogP contribution in [0.5, 0.6) is 0 Å². The van der Waals surface area contributed by atoms with Crippen LogP contribution in [-0.2, 0) is 5.41 Å². The molecule has 0 aliphatic heterocycles. The molecule has 7 aromatic carbocycles. The van der Waals surface area contributed by atoms with Gasteiger partial charge >= 0.3 is 0 Å². The maximum atomic E-state index is 6.37. The van der Waals surface area contributed by atoms with Crippen LogP contribution in [0.1, 0.15) is 30.5 Å². The molecule has 2 nitrogen and oxygen atoms in total. The molecule has 0 N–H and O–H groups in total. The average molecular weight is 656 g/mol. The number of fused-ring (bicyclic) bond motifs is 7. The van der Waals surface area contributed by atoms with Crippen molar-refractivity contribution in [2.75, 3.05) is 4.90 Å². The molecule has 0 unspecified atom stereocenters. The largest absolute Gasteiger partial charge is 0.456 e.